The maximum atomic E-state index is 11.7. The fourth-order valence-electron chi connectivity index (χ4n) is 1.81. The third kappa shape index (κ3) is 3.89. The first kappa shape index (κ1) is 15.7. The number of amides is 1. The number of benzene rings is 2. The normalized spacial score (nSPS) is 10.2. The van der Waals surface area contributed by atoms with Crippen LogP contribution in [0, 0.1) is 0 Å². The Kier molecular flexibility index (Phi) is 5.09. The van der Waals surface area contributed by atoms with Crippen LogP contribution in [0.1, 0.15) is 17.3 Å². The van der Waals surface area contributed by atoms with Gasteiger partial charge in [0, 0.05) is 22.3 Å². The van der Waals surface area contributed by atoms with Gasteiger partial charge in [0.1, 0.15) is 0 Å². The van der Waals surface area contributed by atoms with E-state index in [1.54, 1.807) is 24.3 Å². The molecule has 0 aromatic heterocycles. The van der Waals surface area contributed by atoms with Gasteiger partial charge in [0.25, 0.3) is 5.91 Å². The van der Waals surface area contributed by atoms with Crippen LogP contribution < -0.4 is 16.4 Å². The van der Waals surface area contributed by atoms with Crippen molar-refractivity contribution in [3.05, 3.63) is 51.5 Å². The standard InChI is InChI=1S/C15H15BrClN3O/c1-2-19-15(21)9-3-6-14(13(18)7-9)20-10-4-5-11(16)12(17)8-10/h3-8,20H,2,18H2,1H3,(H,19,21). The molecule has 4 nitrogen and oxygen atoms in total. The number of nitrogens with one attached hydrogen (secondary N) is 2. The molecule has 0 aliphatic rings. The van der Waals surface area contributed by atoms with E-state index in [0.717, 1.165) is 15.8 Å². The number of anilines is 3. The number of hydrogen-bond acceptors (Lipinski definition) is 3. The molecule has 0 atom stereocenters. The second-order valence-corrected chi connectivity index (χ2v) is 5.68. The van der Waals surface area contributed by atoms with Crippen molar-refractivity contribution in [2.45, 2.75) is 6.92 Å². The molecule has 0 spiro atoms. The third-order valence-corrected chi connectivity index (χ3v) is 4.08. The first-order valence-electron chi connectivity index (χ1n) is 6.41. The molecule has 2 rings (SSSR count). The molecule has 110 valence electrons. The van der Waals surface area contributed by atoms with E-state index in [1.165, 1.54) is 0 Å². The highest BCUT2D eigenvalue weighted by Crippen LogP contribution is 2.29. The Morgan fingerprint density at radius 2 is 2.05 bits per heavy atom. The first-order chi connectivity index (χ1) is 10.0. The summed E-state index contributed by atoms with van der Waals surface area (Å²) in [5, 5.41) is 6.52. The second-order valence-electron chi connectivity index (χ2n) is 4.42. The largest absolute Gasteiger partial charge is 0.397 e. The van der Waals surface area contributed by atoms with Gasteiger partial charge < -0.3 is 16.4 Å². The highest BCUT2D eigenvalue weighted by Gasteiger charge is 2.08. The van der Waals surface area contributed by atoms with E-state index >= 15 is 0 Å². The van der Waals surface area contributed by atoms with Crippen molar-refractivity contribution in [1.82, 2.24) is 5.32 Å². The highest BCUT2D eigenvalue weighted by atomic mass is 79.9. The van der Waals surface area contributed by atoms with Gasteiger partial charge >= 0.3 is 0 Å². The number of carbonyl (C=O) groups is 1. The molecule has 0 fully saturated rings. The summed E-state index contributed by atoms with van der Waals surface area (Å²) in [4.78, 5) is 11.7. The van der Waals surface area contributed by atoms with Crippen molar-refractivity contribution in [2.75, 3.05) is 17.6 Å². The summed E-state index contributed by atoms with van der Waals surface area (Å²) in [5.41, 5.74) is 8.56. The Morgan fingerprint density at radius 3 is 2.67 bits per heavy atom. The van der Waals surface area contributed by atoms with Crippen LogP contribution in [0.4, 0.5) is 17.1 Å². The summed E-state index contributed by atoms with van der Waals surface area (Å²) >= 11 is 9.39. The van der Waals surface area contributed by atoms with Crippen LogP contribution in [0.5, 0.6) is 0 Å². The fourth-order valence-corrected chi connectivity index (χ4v) is 2.24. The molecule has 2 aromatic carbocycles. The molecule has 1 amide bonds. The van der Waals surface area contributed by atoms with Crippen LogP contribution in [0.3, 0.4) is 0 Å². The molecule has 0 saturated carbocycles. The van der Waals surface area contributed by atoms with Gasteiger partial charge in [-0.25, -0.2) is 0 Å². The van der Waals surface area contributed by atoms with Gasteiger partial charge in [-0.15, -0.1) is 0 Å². The first-order valence-corrected chi connectivity index (χ1v) is 7.58. The second kappa shape index (κ2) is 6.83. The zero-order valence-corrected chi connectivity index (χ0v) is 13.8. The summed E-state index contributed by atoms with van der Waals surface area (Å²) in [7, 11) is 0. The predicted octanol–water partition coefficient (Wildman–Crippen LogP) is 4.18. The van der Waals surface area contributed by atoms with Crippen LogP contribution in [-0.2, 0) is 0 Å². The minimum atomic E-state index is -0.137. The minimum Gasteiger partial charge on any atom is -0.397 e. The summed E-state index contributed by atoms with van der Waals surface area (Å²) < 4.78 is 0.828. The minimum absolute atomic E-state index is 0.137. The summed E-state index contributed by atoms with van der Waals surface area (Å²) in [5.74, 6) is -0.137. The van der Waals surface area contributed by atoms with Crippen molar-refractivity contribution < 1.29 is 4.79 Å². The molecule has 4 N–H and O–H groups in total. The van der Waals surface area contributed by atoms with Gasteiger partial charge in [0.05, 0.1) is 16.4 Å². The quantitative estimate of drug-likeness (QED) is 0.709. The van der Waals surface area contributed by atoms with Crippen LogP contribution in [0.15, 0.2) is 40.9 Å². The van der Waals surface area contributed by atoms with E-state index in [-0.39, 0.29) is 5.91 Å². The number of rotatable bonds is 4. The number of hydrogen-bond donors (Lipinski definition) is 3. The van der Waals surface area contributed by atoms with E-state index in [2.05, 4.69) is 26.6 Å². The van der Waals surface area contributed by atoms with Crippen LogP contribution >= 0.6 is 27.5 Å². The highest BCUT2D eigenvalue weighted by molar-refractivity contribution is 9.10. The molecule has 6 heteroatoms. The Bertz CT molecular complexity index is 676. The smallest absolute Gasteiger partial charge is 0.251 e. The number of nitrogens with two attached hydrogens (primary N) is 1. The van der Waals surface area contributed by atoms with Crippen LogP contribution in [0.2, 0.25) is 5.02 Å². The van der Waals surface area contributed by atoms with Crippen LogP contribution in [-0.4, -0.2) is 12.5 Å². The maximum Gasteiger partial charge on any atom is 0.251 e. The summed E-state index contributed by atoms with van der Waals surface area (Å²) in [6, 6.07) is 10.7. The molecular weight excluding hydrogens is 354 g/mol. The molecule has 0 aliphatic heterocycles. The van der Waals surface area contributed by atoms with Crippen molar-refractivity contribution in [1.29, 1.82) is 0 Å². The van der Waals surface area contributed by atoms with E-state index < -0.39 is 0 Å². The predicted molar refractivity (Wildman–Crippen MR) is 91.3 cm³/mol. The van der Waals surface area contributed by atoms with Gasteiger partial charge in [0.2, 0.25) is 0 Å². The molecule has 2 aromatic rings. The summed E-state index contributed by atoms with van der Waals surface area (Å²) in [6.07, 6.45) is 0. The van der Waals surface area contributed by atoms with E-state index in [1.807, 2.05) is 19.1 Å². The van der Waals surface area contributed by atoms with Gasteiger partial charge in [-0.05, 0) is 59.3 Å². The number of nitrogen functional groups attached to an aromatic ring is 1. The SMILES string of the molecule is CCNC(=O)c1ccc(Nc2ccc(Br)c(Cl)c2)c(N)c1. The van der Waals surface area contributed by atoms with Crippen molar-refractivity contribution in [2.24, 2.45) is 0 Å². The van der Waals surface area contributed by atoms with E-state index in [4.69, 9.17) is 17.3 Å². The average Bonchev–Trinajstić information content (AvgIpc) is 2.45. The lowest BCUT2D eigenvalue weighted by molar-refractivity contribution is 0.0956. The molecule has 21 heavy (non-hydrogen) atoms. The molecule has 0 saturated heterocycles. The van der Waals surface area contributed by atoms with Gasteiger partial charge in [-0.1, -0.05) is 11.6 Å². The third-order valence-electron chi connectivity index (χ3n) is 2.85. The topological polar surface area (TPSA) is 67.2 Å². The monoisotopic (exact) mass is 367 g/mol. The van der Waals surface area contributed by atoms with E-state index in [0.29, 0.717) is 22.8 Å². The lowest BCUT2D eigenvalue weighted by atomic mass is 10.1. The Labute approximate surface area is 136 Å². The zero-order valence-electron chi connectivity index (χ0n) is 11.4. The molecule has 0 heterocycles. The molecule has 0 radical (unpaired) electrons. The Balaban J connectivity index is 2.21. The Morgan fingerprint density at radius 1 is 1.29 bits per heavy atom. The van der Waals surface area contributed by atoms with Gasteiger partial charge in [-0.2, -0.15) is 0 Å². The molecule has 0 unspecified atom stereocenters. The molecule has 0 aliphatic carbocycles. The fraction of sp³-hybridized carbons (Fsp3) is 0.133. The summed E-state index contributed by atoms with van der Waals surface area (Å²) in [6.45, 7) is 2.45. The molecule has 0 bridgehead atoms. The lowest BCUT2D eigenvalue weighted by Gasteiger charge is -2.11. The van der Waals surface area contributed by atoms with Crippen LogP contribution in [0.25, 0.3) is 0 Å². The van der Waals surface area contributed by atoms with Crippen molar-refractivity contribution >= 4 is 50.5 Å². The number of carbonyl (C=O) groups excluding carboxylic acids is 1. The van der Waals surface area contributed by atoms with Crippen molar-refractivity contribution in [3.63, 3.8) is 0 Å². The maximum absolute atomic E-state index is 11.7. The zero-order chi connectivity index (χ0) is 15.4. The average molecular weight is 369 g/mol. The Hall–Kier alpha value is -1.72. The molecular formula is C15H15BrClN3O. The van der Waals surface area contributed by atoms with Crippen molar-refractivity contribution in [3.8, 4) is 0 Å². The van der Waals surface area contributed by atoms with Gasteiger partial charge in [0.15, 0.2) is 0 Å². The number of halogens is 2. The lowest BCUT2D eigenvalue weighted by Crippen LogP contribution is -2.22. The van der Waals surface area contributed by atoms with E-state index in [9.17, 15) is 4.79 Å². The van der Waals surface area contributed by atoms with Gasteiger partial charge in [-0.3, -0.25) is 4.79 Å².